The molecule has 2 heterocycles. The molecule has 0 amide bonds. The summed E-state index contributed by atoms with van der Waals surface area (Å²) in [6, 6.07) is 16.1. The molecule has 4 aromatic rings. The molecule has 0 atom stereocenters. The highest BCUT2D eigenvalue weighted by Crippen LogP contribution is 2.44. The number of thiophene rings is 1. The van der Waals surface area contributed by atoms with E-state index >= 15 is 0 Å². The summed E-state index contributed by atoms with van der Waals surface area (Å²) in [5, 5.41) is 14.3. The molecule has 0 aliphatic heterocycles. The van der Waals surface area contributed by atoms with Crippen LogP contribution in [0.1, 0.15) is 25.7 Å². The molecule has 0 saturated heterocycles. The summed E-state index contributed by atoms with van der Waals surface area (Å²) in [7, 11) is 1.68. The van der Waals surface area contributed by atoms with Gasteiger partial charge in [-0.05, 0) is 42.0 Å². The van der Waals surface area contributed by atoms with Crippen molar-refractivity contribution in [3.8, 4) is 16.9 Å². The Bertz CT molecular complexity index is 1250. The second kappa shape index (κ2) is 7.01. The molecule has 0 bridgehead atoms. The SMILES string of the molecule is COc1ccc2c(c1-c1ccccc1)c1ccsc1c(=O)n2C1(CO)CCCC1. The molecule has 5 rings (SSSR count). The van der Waals surface area contributed by atoms with E-state index < -0.39 is 5.54 Å². The lowest BCUT2D eigenvalue weighted by molar-refractivity contribution is 0.138. The number of fused-ring (bicyclic) bond motifs is 3. The van der Waals surface area contributed by atoms with Gasteiger partial charge in [-0.1, -0.05) is 43.2 Å². The molecule has 29 heavy (non-hydrogen) atoms. The molecule has 1 aliphatic carbocycles. The van der Waals surface area contributed by atoms with Crippen LogP contribution in [0.3, 0.4) is 0 Å². The zero-order valence-corrected chi connectivity index (χ0v) is 17.2. The Labute approximate surface area is 173 Å². The number of benzene rings is 2. The van der Waals surface area contributed by atoms with Crippen LogP contribution in [-0.2, 0) is 5.54 Å². The Morgan fingerprint density at radius 3 is 2.55 bits per heavy atom. The van der Waals surface area contributed by atoms with E-state index in [0.29, 0.717) is 0 Å². The van der Waals surface area contributed by atoms with E-state index in [0.717, 1.165) is 63.5 Å². The number of aliphatic hydroxyl groups is 1. The monoisotopic (exact) mass is 405 g/mol. The Kier molecular flexibility index (Phi) is 4.45. The van der Waals surface area contributed by atoms with Crippen molar-refractivity contribution in [3.63, 3.8) is 0 Å². The summed E-state index contributed by atoms with van der Waals surface area (Å²) in [4.78, 5) is 13.6. The molecule has 0 spiro atoms. The second-order valence-corrected chi connectivity index (χ2v) is 8.71. The van der Waals surface area contributed by atoms with Crippen LogP contribution in [-0.4, -0.2) is 23.4 Å². The average molecular weight is 406 g/mol. The fraction of sp³-hybridized carbons (Fsp3) is 0.292. The summed E-state index contributed by atoms with van der Waals surface area (Å²) in [6.07, 6.45) is 3.70. The Hall–Kier alpha value is -2.63. The van der Waals surface area contributed by atoms with Gasteiger partial charge in [-0.3, -0.25) is 9.36 Å². The van der Waals surface area contributed by atoms with E-state index in [1.54, 1.807) is 7.11 Å². The number of hydrogen-bond acceptors (Lipinski definition) is 4. The number of nitrogens with zero attached hydrogens (tertiary/aromatic N) is 1. The highest BCUT2D eigenvalue weighted by Gasteiger charge is 2.38. The molecule has 1 fully saturated rings. The lowest BCUT2D eigenvalue weighted by Gasteiger charge is -2.32. The third kappa shape index (κ3) is 2.65. The summed E-state index contributed by atoms with van der Waals surface area (Å²) >= 11 is 1.47. The standard InChI is InChI=1S/C24H23NO3S/c1-28-19-10-9-18-21(20(19)16-7-3-2-4-8-16)17-11-14-29-22(17)23(27)25(18)24(15-26)12-5-6-13-24/h2-4,7-11,14,26H,5-6,12-13,15H2,1H3. The van der Waals surface area contributed by atoms with Crippen molar-refractivity contribution in [2.24, 2.45) is 0 Å². The van der Waals surface area contributed by atoms with Gasteiger partial charge in [0.2, 0.25) is 0 Å². The predicted octanol–water partition coefficient (Wildman–Crippen LogP) is 5.15. The van der Waals surface area contributed by atoms with Gasteiger partial charge in [-0.15, -0.1) is 11.3 Å². The van der Waals surface area contributed by atoms with Crippen molar-refractivity contribution in [1.29, 1.82) is 0 Å². The molecule has 0 unspecified atom stereocenters. The van der Waals surface area contributed by atoms with Gasteiger partial charge in [0, 0.05) is 16.3 Å². The number of ether oxygens (including phenoxy) is 1. The lowest BCUT2D eigenvalue weighted by atomic mass is 9.93. The zero-order chi connectivity index (χ0) is 20.0. The van der Waals surface area contributed by atoms with Crippen molar-refractivity contribution in [2.75, 3.05) is 13.7 Å². The fourth-order valence-electron chi connectivity index (χ4n) is 4.93. The fourth-order valence-corrected chi connectivity index (χ4v) is 5.76. The van der Waals surface area contributed by atoms with Crippen LogP contribution in [0.2, 0.25) is 0 Å². The van der Waals surface area contributed by atoms with Crippen LogP contribution in [0.4, 0.5) is 0 Å². The van der Waals surface area contributed by atoms with Crippen molar-refractivity contribution in [3.05, 3.63) is 64.3 Å². The molecular formula is C24H23NO3S. The summed E-state index contributed by atoms with van der Waals surface area (Å²) in [6.45, 7) is -0.0222. The minimum atomic E-state index is -0.532. The number of rotatable bonds is 4. The van der Waals surface area contributed by atoms with Crippen LogP contribution in [0.25, 0.3) is 32.1 Å². The second-order valence-electron chi connectivity index (χ2n) is 7.80. The molecule has 0 radical (unpaired) electrons. The van der Waals surface area contributed by atoms with E-state index in [1.807, 2.05) is 46.3 Å². The molecule has 1 aliphatic rings. The van der Waals surface area contributed by atoms with Gasteiger partial charge in [0.05, 0.1) is 24.8 Å². The third-order valence-corrected chi connectivity index (χ3v) is 7.21. The van der Waals surface area contributed by atoms with Crippen molar-refractivity contribution < 1.29 is 9.84 Å². The highest BCUT2D eigenvalue weighted by atomic mass is 32.1. The summed E-state index contributed by atoms with van der Waals surface area (Å²) < 4.78 is 8.37. The first kappa shape index (κ1) is 18.4. The highest BCUT2D eigenvalue weighted by molar-refractivity contribution is 7.17. The molecule has 2 aromatic heterocycles. The van der Waals surface area contributed by atoms with E-state index in [1.165, 1.54) is 11.3 Å². The van der Waals surface area contributed by atoms with E-state index in [4.69, 9.17) is 4.74 Å². The van der Waals surface area contributed by atoms with Crippen LogP contribution in [0, 0.1) is 0 Å². The van der Waals surface area contributed by atoms with Gasteiger partial charge in [0.15, 0.2) is 0 Å². The molecule has 4 nitrogen and oxygen atoms in total. The van der Waals surface area contributed by atoms with Gasteiger partial charge >= 0.3 is 0 Å². The smallest absolute Gasteiger partial charge is 0.269 e. The number of aliphatic hydroxyl groups excluding tert-OH is 1. The third-order valence-electron chi connectivity index (χ3n) is 6.30. The Balaban J connectivity index is 2.01. The average Bonchev–Trinajstić information content (AvgIpc) is 3.44. The maximum atomic E-state index is 13.6. The Morgan fingerprint density at radius 1 is 1.10 bits per heavy atom. The topological polar surface area (TPSA) is 51.5 Å². The minimum Gasteiger partial charge on any atom is -0.496 e. The van der Waals surface area contributed by atoms with Crippen LogP contribution in [0.5, 0.6) is 5.75 Å². The first-order chi connectivity index (χ1) is 14.2. The number of methoxy groups -OCH3 is 1. The van der Waals surface area contributed by atoms with Gasteiger partial charge in [-0.2, -0.15) is 0 Å². The van der Waals surface area contributed by atoms with Crippen molar-refractivity contribution >= 4 is 32.3 Å². The predicted molar refractivity (Wildman–Crippen MR) is 119 cm³/mol. The van der Waals surface area contributed by atoms with Crippen LogP contribution in [0.15, 0.2) is 58.7 Å². The van der Waals surface area contributed by atoms with Crippen LogP contribution >= 0.6 is 11.3 Å². The van der Waals surface area contributed by atoms with Crippen LogP contribution < -0.4 is 10.3 Å². The molecule has 5 heteroatoms. The maximum Gasteiger partial charge on any atom is 0.269 e. The zero-order valence-electron chi connectivity index (χ0n) is 16.4. The lowest BCUT2D eigenvalue weighted by Crippen LogP contribution is -2.42. The van der Waals surface area contributed by atoms with E-state index in [2.05, 4.69) is 12.1 Å². The molecular weight excluding hydrogens is 382 g/mol. The van der Waals surface area contributed by atoms with Gasteiger partial charge in [-0.25, -0.2) is 0 Å². The molecule has 1 saturated carbocycles. The Morgan fingerprint density at radius 2 is 1.86 bits per heavy atom. The minimum absolute atomic E-state index is 0.00243. The molecule has 1 N–H and O–H groups in total. The number of aromatic nitrogens is 1. The first-order valence-corrected chi connectivity index (χ1v) is 10.9. The van der Waals surface area contributed by atoms with Crippen molar-refractivity contribution in [2.45, 2.75) is 31.2 Å². The maximum absolute atomic E-state index is 13.6. The summed E-state index contributed by atoms with van der Waals surface area (Å²) in [5.74, 6) is 0.783. The van der Waals surface area contributed by atoms with Gasteiger partial charge < -0.3 is 9.84 Å². The number of pyridine rings is 1. The van der Waals surface area contributed by atoms with Gasteiger partial charge in [0.1, 0.15) is 10.4 Å². The largest absolute Gasteiger partial charge is 0.496 e. The van der Waals surface area contributed by atoms with E-state index in [-0.39, 0.29) is 12.2 Å². The molecule has 148 valence electrons. The summed E-state index contributed by atoms with van der Waals surface area (Å²) in [5.41, 5.74) is 2.39. The normalized spacial score (nSPS) is 15.9. The quantitative estimate of drug-likeness (QED) is 0.511. The van der Waals surface area contributed by atoms with Crippen molar-refractivity contribution in [1.82, 2.24) is 4.57 Å². The number of hydrogen-bond donors (Lipinski definition) is 1. The van der Waals surface area contributed by atoms with E-state index in [9.17, 15) is 9.90 Å². The van der Waals surface area contributed by atoms with Gasteiger partial charge in [0.25, 0.3) is 5.56 Å². The molecule has 2 aromatic carbocycles. The first-order valence-electron chi connectivity index (χ1n) is 10.00.